The van der Waals surface area contributed by atoms with E-state index in [0.29, 0.717) is 6.04 Å². The van der Waals surface area contributed by atoms with E-state index in [0.717, 1.165) is 35.6 Å². The molecule has 3 heterocycles. The second-order valence-electron chi connectivity index (χ2n) is 7.33. The molecule has 0 radical (unpaired) electrons. The summed E-state index contributed by atoms with van der Waals surface area (Å²) in [7, 11) is 0. The minimum Gasteiger partial charge on any atom is -0.353 e. The molecule has 28 heavy (non-hydrogen) atoms. The molecular weight excluding hydrogens is 376 g/mol. The van der Waals surface area contributed by atoms with Gasteiger partial charge >= 0.3 is 0 Å². The van der Waals surface area contributed by atoms with Gasteiger partial charge in [-0.2, -0.15) is 0 Å². The van der Waals surface area contributed by atoms with E-state index >= 15 is 0 Å². The van der Waals surface area contributed by atoms with Crippen molar-refractivity contribution in [2.45, 2.75) is 39.0 Å². The van der Waals surface area contributed by atoms with Gasteiger partial charge in [0.15, 0.2) is 0 Å². The van der Waals surface area contributed by atoms with E-state index in [2.05, 4.69) is 29.4 Å². The van der Waals surface area contributed by atoms with Crippen LogP contribution in [0.2, 0.25) is 0 Å². The molecule has 1 amide bonds. The van der Waals surface area contributed by atoms with E-state index in [-0.39, 0.29) is 17.8 Å². The summed E-state index contributed by atoms with van der Waals surface area (Å²) in [6.07, 6.45) is 4.30. The highest BCUT2D eigenvalue weighted by atomic mass is 32.1. The van der Waals surface area contributed by atoms with Crippen molar-refractivity contribution in [3.05, 3.63) is 62.0 Å². The van der Waals surface area contributed by atoms with Gasteiger partial charge in [0, 0.05) is 36.1 Å². The van der Waals surface area contributed by atoms with Gasteiger partial charge in [0.05, 0.1) is 10.5 Å². The Hall–Kier alpha value is -2.71. The number of hydrogen-bond acceptors (Lipinski definition) is 6. The van der Waals surface area contributed by atoms with Crippen LogP contribution in [0, 0.1) is 10.1 Å². The number of hydrogen-bond donors (Lipinski definition) is 2. The third kappa shape index (κ3) is 3.53. The van der Waals surface area contributed by atoms with Crippen molar-refractivity contribution >= 4 is 34.0 Å². The molecule has 146 valence electrons. The lowest BCUT2D eigenvalue weighted by Gasteiger charge is -2.30. The zero-order valence-electron chi connectivity index (χ0n) is 15.8. The van der Waals surface area contributed by atoms with Crippen molar-refractivity contribution in [1.82, 2.24) is 10.2 Å². The predicted octanol–water partition coefficient (Wildman–Crippen LogP) is 3.62. The van der Waals surface area contributed by atoms with Crippen molar-refractivity contribution < 1.29 is 9.72 Å². The van der Waals surface area contributed by atoms with Gasteiger partial charge in [-0.1, -0.05) is 6.08 Å². The van der Waals surface area contributed by atoms with Crippen LogP contribution in [0.5, 0.6) is 0 Å². The number of benzene rings is 1. The molecule has 2 aromatic rings. The second kappa shape index (κ2) is 7.37. The third-order valence-corrected chi connectivity index (χ3v) is 6.35. The summed E-state index contributed by atoms with van der Waals surface area (Å²) >= 11 is 1.67. The number of carbonyl (C=O) groups is 1. The Morgan fingerprint density at radius 2 is 2.04 bits per heavy atom. The maximum atomic E-state index is 12.7. The lowest BCUT2D eigenvalue weighted by molar-refractivity contribution is -0.384. The number of nitro groups is 1. The van der Waals surface area contributed by atoms with Gasteiger partial charge in [0.1, 0.15) is 11.2 Å². The third-order valence-electron chi connectivity index (χ3n) is 5.20. The van der Waals surface area contributed by atoms with E-state index in [1.165, 1.54) is 22.6 Å². The fourth-order valence-electron chi connectivity index (χ4n) is 3.61. The number of anilines is 1. The highest BCUT2D eigenvalue weighted by Crippen LogP contribution is 2.39. The van der Waals surface area contributed by atoms with E-state index in [1.54, 1.807) is 23.5 Å². The van der Waals surface area contributed by atoms with E-state index in [9.17, 15) is 14.9 Å². The normalized spacial score (nSPS) is 19.2. The smallest absolute Gasteiger partial charge is 0.269 e. The molecule has 0 saturated heterocycles. The quantitative estimate of drug-likeness (QED) is 0.607. The molecule has 2 aliphatic rings. The van der Waals surface area contributed by atoms with Crippen molar-refractivity contribution in [3.63, 3.8) is 0 Å². The highest BCUT2D eigenvalue weighted by Gasteiger charge is 2.32. The first-order chi connectivity index (χ1) is 13.4. The minimum atomic E-state index is -0.420. The van der Waals surface area contributed by atoms with Crippen LogP contribution in [0.1, 0.15) is 40.2 Å². The van der Waals surface area contributed by atoms with Crippen LogP contribution in [0.15, 0.2) is 30.3 Å². The molecule has 2 N–H and O–H groups in total. The average Bonchev–Trinajstić information content (AvgIpc) is 3.04. The van der Waals surface area contributed by atoms with Crippen LogP contribution in [-0.4, -0.2) is 34.5 Å². The first-order valence-corrected chi connectivity index (χ1v) is 10.1. The number of rotatable bonds is 4. The lowest BCUT2D eigenvalue weighted by atomic mass is 10.0. The maximum absolute atomic E-state index is 12.7. The SMILES string of the molecule is CC(C)N1CCc2c(sc3c2C(=O)N[C@@H](/C=C\c2ccc([N+](=O)[O-])cc2)N3)C1. The molecule has 7 nitrogen and oxygen atoms in total. The molecule has 1 aromatic heterocycles. The Labute approximate surface area is 167 Å². The highest BCUT2D eigenvalue weighted by molar-refractivity contribution is 7.16. The summed E-state index contributed by atoms with van der Waals surface area (Å²) in [5.41, 5.74) is 2.87. The van der Waals surface area contributed by atoms with Crippen molar-refractivity contribution in [2.24, 2.45) is 0 Å². The van der Waals surface area contributed by atoms with Crippen LogP contribution in [0.3, 0.4) is 0 Å². The molecule has 0 saturated carbocycles. The first-order valence-electron chi connectivity index (χ1n) is 9.31. The number of nitro benzene ring substituents is 1. The molecule has 0 bridgehead atoms. The molecule has 1 aromatic carbocycles. The maximum Gasteiger partial charge on any atom is 0.269 e. The molecule has 0 fully saturated rings. The van der Waals surface area contributed by atoms with E-state index in [1.807, 2.05) is 12.2 Å². The van der Waals surface area contributed by atoms with Gasteiger partial charge in [0.2, 0.25) is 0 Å². The Kier molecular flexibility index (Phi) is 4.91. The van der Waals surface area contributed by atoms with Crippen LogP contribution < -0.4 is 10.6 Å². The monoisotopic (exact) mass is 398 g/mol. The topological polar surface area (TPSA) is 87.5 Å². The number of amides is 1. The zero-order chi connectivity index (χ0) is 19.8. The van der Waals surface area contributed by atoms with Crippen molar-refractivity contribution in [3.8, 4) is 0 Å². The molecule has 0 unspecified atom stereocenters. The van der Waals surface area contributed by atoms with Gasteiger partial charge in [-0.05, 0) is 49.6 Å². The Balaban J connectivity index is 1.51. The molecule has 4 rings (SSSR count). The number of non-ortho nitro benzene ring substituents is 1. The summed E-state index contributed by atoms with van der Waals surface area (Å²) in [6.45, 7) is 6.26. The Morgan fingerprint density at radius 1 is 1.29 bits per heavy atom. The molecular formula is C20H22N4O3S. The second-order valence-corrected chi connectivity index (χ2v) is 8.43. The number of nitrogens with one attached hydrogen (secondary N) is 2. The predicted molar refractivity (Wildman–Crippen MR) is 111 cm³/mol. The van der Waals surface area contributed by atoms with Crippen LogP contribution in [0.4, 0.5) is 10.7 Å². The van der Waals surface area contributed by atoms with Gasteiger partial charge in [-0.15, -0.1) is 11.3 Å². The molecule has 2 aliphatic heterocycles. The summed E-state index contributed by atoms with van der Waals surface area (Å²) in [5.74, 6) is -0.0393. The largest absolute Gasteiger partial charge is 0.353 e. The summed E-state index contributed by atoms with van der Waals surface area (Å²) in [5, 5.41) is 18.1. The molecule has 0 spiro atoms. The summed E-state index contributed by atoms with van der Waals surface area (Å²) < 4.78 is 0. The average molecular weight is 398 g/mol. The fourth-order valence-corrected chi connectivity index (χ4v) is 4.92. The van der Waals surface area contributed by atoms with Gasteiger partial charge in [-0.3, -0.25) is 19.8 Å². The number of nitrogens with zero attached hydrogens (tertiary/aromatic N) is 2. The number of carbonyl (C=O) groups excluding carboxylic acids is 1. The minimum absolute atomic E-state index is 0.0393. The van der Waals surface area contributed by atoms with Crippen LogP contribution >= 0.6 is 11.3 Å². The van der Waals surface area contributed by atoms with Gasteiger partial charge in [-0.25, -0.2) is 0 Å². The van der Waals surface area contributed by atoms with Crippen LogP contribution in [-0.2, 0) is 13.0 Å². The summed E-state index contributed by atoms with van der Waals surface area (Å²) in [6, 6.07) is 6.81. The summed E-state index contributed by atoms with van der Waals surface area (Å²) in [4.78, 5) is 26.7. The van der Waals surface area contributed by atoms with Gasteiger partial charge < -0.3 is 10.6 Å². The van der Waals surface area contributed by atoms with Crippen LogP contribution in [0.25, 0.3) is 6.08 Å². The Morgan fingerprint density at radius 3 is 2.71 bits per heavy atom. The standard InChI is InChI=1S/C20H22N4O3S/c1-12(2)23-10-9-15-16(11-23)28-20-18(15)19(25)21-17(22-20)8-5-13-3-6-14(7-4-13)24(26)27/h3-8,12,17,22H,9-11H2,1-2H3,(H,21,25)/b8-5-/t17-/m1/s1. The van der Waals surface area contributed by atoms with Crippen molar-refractivity contribution in [1.29, 1.82) is 0 Å². The fraction of sp³-hybridized carbons (Fsp3) is 0.350. The first kappa shape index (κ1) is 18.6. The number of thiophene rings is 1. The van der Waals surface area contributed by atoms with Gasteiger partial charge in [0.25, 0.3) is 11.6 Å². The van der Waals surface area contributed by atoms with E-state index in [4.69, 9.17) is 0 Å². The Bertz CT molecular complexity index is 949. The van der Waals surface area contributed by atoms with E-state index < -0.39 is 4.92 Å². The lowest BCUT2D eigenvalue weighted by Crippen LogP contribution is -2.43. The zero-order valence-corrected chi connectivity index (χ0v) is 16.6. The molecule has 0 aliphatic carbocycles. The molecule has 1 atom stereocenters. The van der Waals surface area contributed by atoms with Crippen molar-refractivity contribution in [2.75, 3.05) is 11.9 Å². The number of fused-ring (bicyclic) bond motifs is 3. The molecule has 8 heteroatoms.